The first kappa shape index (κ1) is 13.1. The lowest BCUT2D eigenvalue weighted by molar-refractivity contribution is -0.192. The lowest BCUT2D eigenvalue weighted by Crippen LogP contribution is -2.42. The zero-order valence-electron chi connectivity index (χ0n) is 11.6. The Hall–Kier alpha value is -0.323. The summed E-state index contributed by atoms with van der Waals surface area (Å²) < 4.78 is 17.9. The SMILES string of the molecule is CC1=C(O[Si](C)(C)C)CCC2(OCCO2)C1C. The molecule has 0 N–H and O–H groups in total. The van der Waals surface area contributed by atoms with E-state index in [1.54, 1.807) is 0 Å². The highest BCUT2D eigenvalue weighted by molar-refractivity contribution is 6.70. The molecule has 1 saturated heterocycles. The molecule has 1 atom stereocenters. The maximum Gasteiger partial charge on any atom is 0.241 e. The molecule has 1 fully saturated rings. The lowest BCUT2D eigenvalue weighted by atomic mass is 9.83. The van der Waals surface area contributed by atoms with Crippen LogP contribution in [0.3, 0.4) is 0 Å². The van der Waals surface area contributed by atoms with Crippen molar-refractivity contribution in [1.82, 2.24) is 0 Å². The van der Waals surface area contributed by atoms with Gasteiger partial charge in [-0.25, -0.2) is 0 Å². The smallest absolute Gasteiger partial charge is 0.241 e. The van der Waals surface area contributed by atoms with Crippen molar-refractivity contribution in [3.05, 3.63) is 11.3 Å². The fourth-order valence-electron chi connectivity index (χ4n) is 2.64. The molecule has 4 heteroatoms. The van der Waals surface area contributed by atoms with Gasteiger partial charge in [0.1, 0.15) is 0 Å². The number of ether oxygens (including phenoxy) is 2. The van der Waals surface area contributed by atoms with Crippen molar-refractivity contribution in [2.24, 2.45) is 5.92 Å². The molecule has 1 aliphatic heterocycles. The fraction of sp³-hybridized carbons (Fsp3) is 0.846. The second-order valence-electron chi connectivity index (χ2n) is 6.05. The van der Waals surface area contributed by atoms with Gasteiger partial charge in [0.2, 0.25) is 8.32 Å². The van der Waals surface area contributed by atoms with Gasteiger partial charge in [0.05, 0.1) is 19.0 Å². The molecule has 0 aromatic heterocycles. The molecule has 0 radical (unpaired) electrons. The van der Waals surface area contributed by atoms with E-state index < -0.39 is 8.32 Å². The van der Waals surface area contributed by atoms with Gasteiger partial charge in [-0.3, -0.25) is 0 Å². The van der Waals surface area contributed by atoms with Gasteiger partial charge in [-0.15, -0.1) is 0 Å². The van der Waals surface area contributed by atoms with Gasteiger partial charge in [-0.1, -0.05) is 6.92 Å². The van der Waals surface area contributed by atoms with Crippen molar-refractivity contribution in [1.29, 1.82) is 0 Å². The average Bonchev–Trinajstić information content (AvgIpc) is 2.68. The molecule has 1 aliphatic carbocycles. The summed E-state index contributed by atoms with van der Waals surface area (Å²) in [5.41, 5.74) is 1.31. The number of allylic oxidation sites excluding steroid dienone is 1. The minimum Gasteiger partial charge on any atom is -0.547 e. The molecule has 0 amide bonds. The fourth-order valence-corrected chi connectivity index (χ4v) is 3.64. The molecule has 0 bridgehead atoms. The molecule has 98 valence electrons. The van der Waals surface area contributed by atoms with Gasteiger partial charge in [-0.05, 0) is 32.1 Å². The summed E-state index contributed by atoms with van der Waals surface area (Å²) in [6, 6.07) is 0. The van der Waals surface area contributed by atoms with Crippen LogP contribution in [-0.4, -0.2) is 27.3 Å². The minimum atomic E-state index is -1.51. The average molecular weight is 256 g/mol. The highest BCUT2D eigenvalue weighted by Crippen LogP contribution is 2.43. The first-order valence-corrected chi connectivity index (χ1v) is 9.91. The van der Waals surface area contributed by atoms with Gasteiger partial charge in [0, 0.05) is 18.8 Å². The monoisotopic (exact) mass is 256 g/mol. The largest absolute Gasteiger partial charge is 0.547 e. The Kier molecular flexibility index (Phi) is 3.40. The summed E-state index contributed by atoms with van der Waals surface area (Å²) in [4.78, 5) is 0. The topological polar surface area (TPSA) is 27.7 Å². The third-order valence-electron chi connectivity index (χ3n) is 3.66. The van der Waals surface area contributed by atoms with Crippen LogP contribution < -0.4 is 0 Å². The molecule has 2 rings (SSSR count). The summed E-state index contributed by atoms with van der Waals surface area (Å²) >= 11 is 0. The number of rotatable bonds is 2. The van der Waals surface area contributed by atoms with E-state index in [2.05, 4.69) is 33.5 Å². The van der Waals surface area contributed by atoms with Crippen LogP contribution in [-0.2, 0) is 13.9 Å². The van der Waals surface area contributed by atoms with Gasteiger partial charge in [-0.2, -0.15) is 0 Å². The third kappa shape index (κ3) is 2.59. The molecule has 0 aromatic rings. The summed E-state index contributed by atoms with van der Waals surface area (Å²) in [5.74, 6) is 1.11. The number of hydrogen-bond acceptors (Lipinski definition) is 3. The zero-order valence-corrected chi connectivity index (χ0v) is 12.6. The minimum absolute atomic E-state index is 0.296. The van der Waals surface area contributed by atoms with Gasteiger partial charge in [0.15, 0.2) is 5.79 Å². The van der Waals surface area contributed by atoms with E-state index in [4.69, 9.17) is 13.9 Å². The molecular weight excluding hydrogens is 232 g/mol. The maximum absolute atomic E-state index is 6.17. The van der Waals surface area contributed by atoms with E-state index in [9.17, 15) is 0 Å². The van der Waals surface area contributed by atoms with Crippen LogP contribution in [0.25, 0.3) is 0 Å². The van der Waals surface area contributed by atoms with Crippen molar-refractivity contribution in [3.63, 3.8) is 0 Å². The van der Waals surface area contributed by atoms with Crippen LogP contribution >= 0.6 is 0 Å². The quantitative estimate of drug-likeness (QED) is 0.710. The van der Waals surface area contributed by atoms with E-state index in [-0.39, 0.29) is 5.79 Å². The Morgan fingerprint density at radius 1 is 1.24 bits per heavy atom. The van der Waals surface area contributed by atoms with Crippen LogP contribution in [0.5, 0.6) is 0 Å². The third-order valence-corrected chi connectivity index (χ3v) is 4.51. The van der Waals surface area contributed by atoms with Crippen molar-refractivity contribution in [2.45, 2.75) is 52.1 Å². The van der Waals surface area contributed by atoms with Crippen molar-refractivity contribution < 1.29 is 13.9 Å². The Morgan fingerprint density at radius 3 is 2.35 bits per heavy atom. The maximum atomic E-state index is 6.17. The van der Waals surface area contributed by atoms with Gasteiger partial charge < -0.3 is 13.9 Å². The Labute approximate surface area is 105 Å². The Bertz CT molecular complexity index is 324. The van der Waals surface area contributed by atoms with Crippen LogP contribution in [0.1, 0.15) is 26.7 Å². The molecule has 1 heterocycles. The van der Waals surface area contributed by atoms with Crippen LogP contribution in [0, 0.1) is 5.92 Å². The van der Waals surface area contributed by atoms with Crippen LogP contribution in [0.4, 0.5) is 0 Å². The zero-order chi connectivity index (χ0) is 12.7. The first-order chi connectivity index (χ1) is 7.84. The molecule has 3 nitrogen and oxygen atoms in total. The van der Waals surface area contributed by atoms with Crippen LogP contribution in [0.15, 0.2) is 11.3 Å². The molecule has 0 saturated carbocycles. The van der Waals surface area contributed by atoms with E-state index in [1.165, 1.54) is 11.3 Å². The van der Waals surface area contributed by atoms with E-state index >= 15 is 0 Å². The Morgan fingerprint density at radius 2 is 1.82 bits per heavy atom. The molecular formula is C13H24O3Si. The molecule has 17 heavy (non-hydrogen) atoms. The van der Waals surface area contributed by atoms with Crippen molar-refractivity contribution in [2.75, 3.05) is 13.2 Å². The van der Waals surface area contributed by atoms with Gasteiger partial charge in [0.25, 0.3) is 0 Å². The standard InChI is InChI=1S/C13H24O3Si/c1-10-11(2)13(14-8-9-15-13)7-6-12(10)16-17(3,4)5/h11H,6-9H2,1-5H3. The second-order valence-corrected chi connectivity index (χ2v) is 10.5. The predicted molar refractivity (Wildman–Crippen MR) is 70.2 cm³/mol. The number of hydrogen-bond donors (Lipinski definition) is 0. The normalized spacial score (nSPS) is 28.9. The summed E-state index contributed by atoms with van der Waals surface area (Å²) in [5, 5.41) is 0. The highest BCUT2D eigenvalue weighted by atomic mass is 28.4. The van der Waals surface area contributed by atoms with Crippen molar-refractivity contribution in [3.8, 4) is 0 Å². The second kappa shape index (κ2) is 4.41. The van der Waals surface area contributed by atoms with Crippen molar-refractivity contribution >= 4 is 8.32 Å². The molecule has 2 aliphatic rings. The summed E-state index contributed by atoms with van der Waals surface area (Å²) in [6.45, 7) is 12.5. The summed E-state index contributed by atoms with van der Waals surface area (Å²) in [7, 11) is -1.51. The summed E-state index contributed by atoms with van der Waals surface area (Å²) in [6.07, 6.45) is 1.87. The van der Waals surface area contributed by atoms with Crippen LogP contribution in [0.2, 0.25) is 19.6 Å². The van der Waals surface area contributed by atoms with E-state index in [0.717, 1.165) is 26.1 Å². The highest BCUT2D eigenvalue weighted by Gasteiger charge is 2.46. The lowest BCUT2D eigenvalue weighted by Gasteiger charge is -2.40. The molecule has 1 unspecified atom stereocenters. The Balaban J connectivity index is 2.18. The molecule has 1 spiro atoms. The van der Waals surface area contributed by atoms with E-state index in [0.29, 0.717) is 5.92 Å². The van der Waals surface area contributed by atoms with E-state index in [1.807, 2.05) is 0 Å². The first-order valence-electron chi connectivity index (χ1n) is 6.51. The molecule has 0 aromatic carbocycles. The predicted octanol–water partition coefficient (Wildman–Crippen LogP) is 3.28. The van der Waals surface area contributed by atoms with Gasteiger partial charge >= 0.3 is 0 Å².